The summed E-state index contributed by atoms with van der Waals surface area (Å²) in [5.74, 6) is 0.735. The molecule has 2 N–H and O–H groups in total. The number of guanidine groups is 1. The van der Waals surface area contributed by atoms with Crippen molar-refractivity contribution in [1.82, 2.24) is 14.9 Å². The van der Waals surface area contributed by atoms with Crippen molar-refractivity contribution in [1.29, 1.82) is 0 Å². The summed E-state index contributed by atoms with van der Waals surface area (Å²) in [6.45, 7) is 1.67. The molecule has 0 aliphatic rings. The number of halogens is 1. The number of hydrogen-bond acceptors (Lipinski definition) is 3. The second-order valence-corrected chi connectivity index (χ2v) is 7.18. The third kappa shape index (κ3) is 7.11. The van der Waals surface area contributed by atoms with Crippen LogP contribution in [0.5, 0.6) is 0 Å². The SMILES string of the molecule is CN=C(NCCCNS(C)(=O)=O)N(C)Cc1ccccc1Cl. The number of aliphatic imine (C=N–C) groups is 1. The molecule has 22 heavy (non-hydrogen) atoms. The monoisotopic (exact) mass is 346 g/mol. The molecule has 1 aromatic carbocycles. The Bertz CT molecular complexity index is 605. The summed E-state index contributed by atoms with van der Waals surface area (Å²) in [6, 6.07) is 7.68. The first kappa shape index (κ1) is 18.7. The molecule has 8 heteroatoms. The molecular formula is C14H23ClN4O2S. The van der Waals surface area contributed by atoms with Crippen molar-refractivity contribution in [3.05, 3.63) is 34.9 Å². The Balaban J connectivity index is 2.42. The van der Waals surface area contributed by atoms with Crippen LogP contribution in [0, 0.1) is 0 Å². The fourth-order valence-corrected chi connectivity index (χ4v) is 2.60. The van der Waals surface area contributed by atoms with Gasteiger partial charge >= 0.3 is 0 Å². The maximum absolute atomic E-state index is 11.0. The fraction of sp³-hybridized carbons (Fsp3) is 0.500. The molecule has 6 nitrogen and oxygen atoms in total. The minimum absolute atomic E-state index is 0.400. The van der Waals surface area contributed by atoms with Gasteiger partial charge in [0.1, 0.15) is 0 Å². The van der Waals surface area contributed by atoms with Gasteiger partial charge in [0, 0.05) is 38.8 Å². The van der Waals surface area contributed by atoms with E-state index in [4.69, 9.17) is 11.6 Å². The molecule has 0 heterocycles. The summed E-state index contributed by atoms with van der Waals surface area (Å²) in [5, 5.41) is 3.92. The third-order valence-corrected chi connectivity index (χ3v) is 4.04. The van der Waals surface area contributed by atoms with Crippen molar-refractivity contribution in [3.8, 4) is 0 Å². The molecule has 124 valence electrons. The molecule has 0 amide bonds. The number of sulfonamides is 1. The quantitative estimate of drug-likeness (QED) is 0.443. The minimum Gasteiger partial charge on any atom is -0.356 e. The molecule has 0 saturated carbocycles. The van der Waals surface area contributed by atoms with Crippen LogP contribution < -0.4 is 10.0 Å². The summed E-state index contributed by atoms with van der Waals surface area (Å²) < 4.78 is 24.4. The molecule has 0 saturated heterocycles. The number of hydrogen-bond donors (Lipinski definition) is 2. The Kier molecular flexibility index (Phi) is 7.64. The highest BCUT2D eigenvalue weighted by Crippen LogP contribution is 2.16. The van der Waals surface area contributed by atoms with Crippen LogP contribution in [0.3, 0.4) is 0 Å². The van der Waals surface area contributed by atoms with Gasteiger partial charge in [-0.3, -0.25) is 4.99 Å². The summed E-state index contributed by atoms with van der Waals surface area (Å²) in [4.78, 5) is 6.17. The highest BCUT2D eigenvalue weighted by molar-refractivity contribution is 7.88. The molecule has 1 rings (SSSR count). The Morgan fingerprint density at radius 1 is 1.32 bits per heavy atom. The predicted molar refractivity (Wildman–Crippen MR) is 91.7 cm³/mol. The Morgan fingerprint density at radius 2 is 2.00 bits per heavy atom. The van der Waals surface area contributed by atoms with Crippen LogP contribution in [0.1, 0.15) is 12.0 Å². The van der Waals surface area contributed by atoms with Gasteiger partial charge in [-0.2, -0.15) is 0 Å². The number of nitrogens with zero attached hydrogens (tertiary/aromatic N) is 2. The van der Waals surface area contributed by atoms with E-state index in [1.807, 2.05) is 36.2 Å². The molecule has 0 bridgehead atoms. The number of rotatable bonds is 7. The van der Waals surface area contributed by atoms with Crippen molar-refractivity contribution in [2.45, 2.75) is 13.0 Å². The van der Waals surface area contributed by atoms with E-state index in [0.717, 1.165) is 22.8 Å². The van der Waals surface area contributed by atoms with E-state index in [9.17, 15) is 8.42 Å². The average molecular weight is 347 g/mol. The number of benzene rings is 1. The van der Waals surface area contributed by atoms with Crippen LogP contribution >= 0.6 is 11.6 Å². The highest BCUT2D eigenvalue weighted by atomic mass is 35.5. The van der Waals surface area contributed by atoms with Crippen molar-refractivity contribution >= 4 is 27.6 Å². The van der Waals surface area contributed by atoms with Gasteiger partial charge in [-0.15, -0.1) is 0 Å². The Hall–Kier alpha value is -1.31. The topological polar surface area (TPSA) is 73.8 Å². The summed E-state index contributed by atoms with van der Waals surface area (Å²) in [6.07, 6.45) is 1.82. The lowest BCUT2D eigenvalue weighted by atomic mass is 10.2. The van der Waals surface area contributed by atoms with E-state index in [-0.39, 0.29) is 0 Å². The Morgan fingerprint density at radius 3 is 2.59 bits per heavy atom. The van der Waals surface area contributed by atoms with E-state index in [1.54, 1.807) is 7.05 Å². The zero-order valence-electron chi connectivity index (χ0n) is 13.1. The molecular weight excluding hydrogens is 324 g/mol. The van der Waals surface area contributed by atoms with Gasteiger partial charge in [0.15, 0.2) is 5.96 Å². The van der Waals surface area contributed by atoms with Gasteiger partial charge in [0.2, 0.25) is 10.0 Å². The first-order chi connectivity index (χ1) is 10.3. The van der Waals surface area contributed by atoms with E-state index in [1.165, 1.54) is 0 Å². The summed E-state index contributed by atoms with van der Waals surface area (Å²) in [7, 11) is 0.507. The van der Waals surface area contributed by atoms with Crippen LogP contribution in [0.25, 0.3) is 0 Å². The summed E-state index contributed by atoms with van der Waals surface area (Å²) in [5.41, 5.74) is 1.02. The number of nitrogens with one attached hydrogen (secondary N) is 2. The molecule has 0 radical (unpaired) electrons. The lowest BCUT2D eigenvalue weighted by Crippen LogP contribution is -2.39. The first-order valence-electron chi connectivity index (χ1n) is 6.93. The molecule has 0 aliphatic heterocycles. The van der Waals surface area contributed by atoms with Gasteiger partial charge in [-0.05, 0) is 18.1 Å². The lowest BCUT2D eigenvalue weighted by molar-refractivity contribution is 0.475. The molecule has 0 aliphatic carbocycles. The largest absolute Gasteiger partial charge is 0.356 e. The van der Waals surface area contributed by atoms with Crippen LogP contribution in [0.2, 0.25) is 5.02 Å². The van der Waals surface area contributed by atoms with Crippen molar-refractivity contribution in [2.24, 2.45) is 4.99 Å². The van der Waals surface area contributed by atoms with Crippen LogP contribution in [0.4, 0.5) is 0 Å². The third-order valence-electron chi connectivity index (χ3n) is 2.94. The molecule has 0 unspecified atom stereocenters. The van der Waals surface area contributed by atoms with E-state index < -0.39 is 10.0 Å². The van der Waals surface area contributed by atoms with E-state index in [2.05, 4.69) is 15.0 Å². The van der Waals surface area contributed by atoms with Gasteiger partial charge in [-0.25, -0.2) is 13.1 Å². The molecule has 0 atom stereocenters. The maximum Gasteiger partial charge on any atom is 0.208 e. The van der Waals surface area contributed by atoms with Gasteiger partial charge < -0.3 is 10.2 Å². The second-order valence-electron chi connectivity index (χ2n) is 4.94. The Labute approximate surface area is 137 Å². The average Bonchev–Trinajstić information content (AvgIpc) is 2.44. The van der Waals surface area contributed by atoms with Crippen LogP contribution in [0.15, 0.2) is 29.3 Å². The highest BCUT2D eigenvalue weighted by Gasteiger charge is 2.08. The van der Waals surface area contributed by atoms with Gasteiger partial charge in [-0.1, -0.05) is 29.8 Å². The van der Waals surface area contributed by atoms with Crippen molar-refractivity contribution in [2.75, 3.05) is 33.4 Å². The normalized spacial score (nSPS) is 12.3. The zero-order chi connectivity index (χ0) is 16.6. The molecule has 0 fully saturated rings. The second kappa shape index (κ2) is 8.97. The van der Waals surface area contributed by atoms with Crippen molar-refractivity contribution in [3.63, 3.8) is 0 Å². The van der Waals surface area contributed by atoms with Crippen LogP contribution in [-0.4, -0.2) is 52.7 Å². The molecule has 0 aromatic heterocycles. The summed E-state index contributed by atoms with van der Waals surface area (Å²) >= 11 is 6.15. The fourth-order valence-electron chi connectivity index (χ4n) is 1.89. The molecule has 1 aromatic rings. The smallest absolute Gasteiger partial charge is 0.208 e. The van der Waals surface area contributed by atoms with E-state index >= 15 is 0 Å². The minimum atomic E-state index is -3.13. The van der Waals surface area contributed by atoms with E-state index in [0.29, 0.717) is 26.1 Å². The van der Waals surface area contributed by atoms with Crippen molar-refractivity contribution < 1.29 is 8.42 Å². The van der Waals surface area contributed by atoms with Gasteiger partial charge in [0.05, 0.1) is 6.26 Å². The zero-order valence-corrected chi connectivity index (χ0v) is 14.7. The van der Waals surface area contributed by atoms with Gasteiger partial charge in [0.25, 0.3) is 0 Å². The first-order valence-corrected chi connectivity index (χ1v) is 9.20. The van der Waals surface area contributed by atoms with Crippen LogP contribution in [-0.2, 0) is 16.6 Å². The maximum atomic E-state index is 11.0. The standard InChI is InChI=1S/C14H23ClN4O2S/c1-16-14(17-9-6-10-18-22(3,20)21)19(2)11-12-7-4-5-8-13(12)15/h4-5,7-8,18H,6,9-11H2,1-3H3,(H,16,17). The predicted octanol–water partition coefficient (Wildman–Crippen LogP) is 1.29. The lowest BCUT2D eigenvalue weighted by Gasteiger charge is -2.22. The molecule has 0 spiro atoms.